The zero-order valence-electron chi connectivity index (χ0n) is 18.5. The number of rotatable bonds is 6. The molecule has 0 aromatic heterocycles. The van der Waals surface area contributed by atoms with E-state index in [9.17, 15) is 18.0 Å². The van der Waals surface area contributed by atoms with Gasteiger partial charge in [0, 0.05) is 35.5 Å². The van der Waals surface area contributed by atoms with Crippen LogP contribution in [0.2, 0.25) is 0 Å². The first-order chi connectivity index (χ1) is 15.9. The first kappa shape index (κ1) is 22.9. The van der Waals surface area contributed by atoms with Crippen LogP contribution >= 0.6 is 0 Å². The predicted molar refractivity (Wildman–Crippen MR) is 128 cm³/mol. The zero-order valence-corrected chi connectivity index (χ0v) is 19.3. The Labute approximate surface area is 194 Å². The minimum absolute atomic E-state index is 0.117. The molecule has 0 spiro atoms. The number of hydrogen-bond donors (Lipinski definition) is 1. The molecule has 3 aromatic carbocycles. The highest BCUT2D eigenvalue weighted by Gasteiger charge is 2.26. The molecule has 0 atom stereocenters. The van der Waals surface area contributed by atoms with Crippen molar-refractivity contribution in [3.63, 3.8) is 0 Å². The summed E-state index contributed by atoms with van der Waals surface area (Å²) in [6.45, 7) is 2.85. The first-order valence-electron chi connectivity index (χ1n) is 11.0. The lowest BCUT2D eigenvalue weighted by Crippen LogP contribution is -2.35. The number of hydrogen-bond acceptors (Lipinski definition) is 4. The Morgan fingerprint density at radius 1 is 0.788 bits per heavy atom. The zero-order chi connectivity index (χ0) is 23.4. The van der Waals surface area contributed by atoms with Crippen LogP contribution in [0.15, 0.2) is 77.7 Å². The smallest absolute Gasteiger partial charge is 0.255 e. The third-order valence-corrected chi connectivity index (χ3v) is 7.75. The Bertz CT molecular complexity index is 1260. The molecule has 0 radical (unpaired) electrons. The summed E-state index contributed by atoms with van der Waals surface area (Å²) in [6, 6.07) is 20.2. The van der Waals surface area contributed by atoms with E-state index in [1.54, 1.807) is 60.7 Å². The summed E-state index contributed by atoms with van der Waals surface area (Å²) < 4.78 is 27.5. The number of benzene rings is 3. The molecule has 6 nitrogen and oxygen atoms in total. The minimum atomic E-state index is -3.60. The van der Waals surface area contributed by atoms with Crippen LogP contribution in [0.25, 0.3) is 0 Å². The Morgan fingerprint density at radius 2 is 1.39 bits per heavy atom. The van der Waals surface area contributed by atoms with E-state index in [4.69, 9.17) is 0 Å². The van der Waals surface area contributed by atoms with E-state index in [-0.39, 0.29) is 16.6 Å². The fourth-order valence-electron chi connectivity index (χ4n) is 3.87. The van der Waals surface area contributed by atoms with Crippen molar-refractivity contribution in [2.45, 2.75) is 31.1 Å². The van der Waals surface area contributed by atoms with Gasteiger partial charge in [-0.3, -0.25) is 9.59 Å². The van der Waals surface area contributed by atoms with Gasteiger partial charge in [-0.2, -0.15) is 4.31 Å². The van der Waals surface area contributed by atoms with Crippen molar-refractivity contribution < 1.29 is 18.0 Å². The number of anilines is 1. The summed E-state index contributed by atoms with van der Waals surface area (Å²) in [5, 5.41) is 2.82. The molecular weight excluding hydrogens is 436 g/mol. The van der Waals surface area contributed by atoms with Crippen LogP contribution in [0, 0.1) is 6.92 Å². The average Bonchev–Trinajstić information content (AvgIpc) is 2.86. The molecule has 33 heavy (non-hydrogen) atoms. The number of piperidine rings is 1. The van der Waals surface area contributed by atoms with E-state index in [2.05, 4.69) is 5.32 Å². The predicted octanol–water partition coefficient (Wildman–Crippen LogP) is 4.65. The van der Waals surface area contributed by atoms with Crippen molar-refractivity contribution in [2.24, 2.45) is 0 Å². The van der Waals surface area contributed by atoms with Crippen LogP contribution in [-0.2, 0) is 10.0 Å². The van der Waals surface area contributed by atoms with E-state index in [0.717, 1.165) is 24.8 Å². The molecule has 1 heterocycles. The molecule has 0 unspecified atom stereocenters. The maximum absolute atomic E-state index is 13.0. The third kappa shape index (κ3) is 5.05. The van der Waals surface area contributed by atoms with Crippen LogP contribution in [-0.4, -0.2) is 37.5 Å². The number of aryl methyl sites for hydroxylation is 1. The van der Waals surface area contributed by atoms with E-state index in [1.807, 2.05) is 13.0 Å². The van der Waals surface area contributed by atoms with Crippen molar-refractivity contribution in [1.29, 1.82) is 0 Å². The Kier molecular flexibility index (Phi) is 6.72. The molecule has 7 heteroatoms. The van der Waals surface area contributed by atoms with Crippen molar-refractivity contribution in [2.75, 3.05) is 18.4 Å². The maximum atomic E-state index is 13.0. The summed E-state index contributed by atoms with van der Waals surface area (Å²) >= 11 is 0. The number of nitrogens with zero attached hydrogens (tertiary/aromatic N) is 1. The third-order valence-electron chi connectivity index (χ3n) is 5.86. The van der Waals surface area contributed by atoms with Gasteiger partial charge in [-0.1, -0.05) is 55.0 Å². The summed E-state index contributed by atoms with van der Waals surface area (Å²) in [5.41, 5.74) is 2.66. The van der Waals surface area contributed by atoms with Crippen LogP contribution in [0.5, 0.6) is 0 Å². The van der Waals surface area contributed by atoms with Crippen LogP contribution < -0.4 is 5.32 Å². The molecule has 1 N–H and O–H groups in total. The molecular formula is C26H26N2O4S. The summed E-state index contributed by atoms with van der Waals surface area (Å²) in [6.07, 6.45) is 2.76. The monoisotopic (exact) mass is 462 g/mol. The van der Waals surface area contributed by atoms with E-state index in [0.29, 0.717) is 35.5 Å². The second kappa shape index (κ2) is 9.68. The lowest BCUT2D eigenvalue weighted by Gasteiger charge is -2.26. The molecule has 4 rings (SSSR count). The van der Waals surface area contributed by atoms with E-state index < -0.39 is 10.0 Å². The Balaban J connectivity index is 1.51. The highest BCUT2D eigenvalue weighted by Crippen LogP contribution is 2.25. The van der Waals surface area contributed by atoms with Crippen LogP contribution in [0.4, 0.5) is 5.69 Å². The SMILES string of the molecule is Cc1ccc(S(=O)(=O)N2CCCCC2)cc1NC(=O)c1ccc(C(=O)c2ccccc2)cc1. The lowest BCUT2D eigenvalue weighted by atomic mass is 10.0. The maximum Gasteiger partial charge on any atom is 0.255 e. The van der Waals surface area contributed by atoms with Crippen LogP contribution in [0.1, 0.15) is 51.1 Å². The number of carbonyl (C=O) groups is 2. The molecule has 0 saturated carbocycles. The molecule has 170 valence electrons. The summed E-state index contributed by atoms with van der Waals surface area (Å²) in [5.74, 6) is -0.488. The lowest BCUT2D eigenvalue weighted by molar-refractivity contribution is 0.102. The fourth-order valence-corrected chi connectivity index (χ4v) is 5.42. The fraction of sp³-hybridized carbons (Fsp3) is 0.231. The van der Waals surface area contributed by atoms with E-state index in [1.165, 1.54) is 10.4 Å². The van der Waals surface area contributed by atoms with Crippen LogP contribution in [0.3, 0.4) is 0 Å². The van der Waals surface area contributed by atoms with Gasteiger partial charge in [0.2, 0.25) is 10.0 Å². The number of amides is 1. The van der Waals surface area contributed by atoms with Crippen molar-refractivity contribution in [1.82, 2.24) is 4.31 Å². The van der Waals surface area contributed by atoms with Crippen molar-refractivity contribution in [3.05, 3.63) is 95.1 Å². The number of sulfonamides is 1. The van der Waals surface area contributed by atoms with Gasteiger partial charge < -0.3 is 5.32 Å². The topological polar surface area (TPSA) is 83.6 Å². The van der Waals surface area contributed by atoms with Crippen molar-refractivity contribution in [3.8, 4) is 0 Å². The molecule has 1 amide bonds. The molecule has 1 aliphatic heterocycles. The quantitative estimate of drug-likeness (QED) is 0.541. The largest absolute Gasteiger partial charge is 0.322 e. The van der Waals surface area contributed by atoms with E-state index >= 15 is 0 Å². The number of nitrogens with one attached hydrogen (secondary N) is 1. The van der Waals surface area contributed by atoms with Gasteiger partial charge in [0.1, 0.15) is 0 Å². The van der Waals surface area contributed by atoms with Gasteiger partial charge in [0.25, 0.3) is 5.91 Å². The molecule has 1 aliphatic rings. The standard InChI is InChI=1S/C26H26N2O4S/c1-19-10-15-23(33(31,32)28-16-6-3-7-17-28)18-24(19)27-26(30)22-13-11-21(12-14-22)25(29)20-8-4-2-5-9-20/h2,4-5,8-15,18H,3,6-7,16-17H2,1H3,(H,27,30). The average molecular weight is 463 g/mol. The highest BCUT2D eigenvalue weighted by atomic mass is 32.2. The van der Waals surface area contributed by atoms with Gasteiger partial charge in [-0.15, -0.1) is 0 Å². The molecule has 0 bridgehead atoms. The van der Waals surface area contributed by atoms with Gasteiger partial charge >= 0.3 is 0 Å². The molecule has 1 fully saturated rings. The second-order valence-electron chi connectivity index (χ2n) is 8.17. The normalized spacial score (nSPS) is 14.6. The molecule has 3 aromatic rings. The van der Waals surface area contributed by atoms with Crippen molar-refractivity contribution >= 4 is 27.4 Å². The Hall–Kier alpha value is -3.29. The minimum Gasteiger partial charge on any atom is -0.322 e. The molecule has 1 saturated heterocycles. The number of ketones is 1. The summed E-state index contributed by atoms with van der Waals surface area (Å²) in [4.78, 5) is 25.6. The highest BCUT2D eigenvalue weighted by molar-refractivity contribution is 7.89. The first-order valence-corrected chi connectivity index (χ1v) is 12.4. The number of carbonyl (C=O) groups excluding carboxylic acids is 2. The summed E-state index contributed by atoms with van der Waals surface area (Å²) in [7, 11) is -3.60. The van der Waals surface area contributed by atoms with Gasteiger partial charge in [0.05, 0.1) is 4.90 Å². The van der Waals surface area contributed by atoms with Gasteiger partial charge in [0.15, 0.2) is 5.78 Å². The van der Waals surface area contributed by atoms with Gasteiger partial charge in [-0.25, -0.2) is 8.42 Å². The van der Waals surface area contributed by atoms with Gasteiger partial charge in [-0.05, 0) is 49.6 Å². The Morgan fingerprint density at radius 3 is 2.06 bits per heavy atom. The molecule has 0 aliphatic carbocycles. The second-order valence-corrected chi connectivity index (χ2v) is 10.1.